The summed E-state index contributed by atoms with van der Waals surface area (Å²) in [6.45, 7) is 0. The average Bonchev–Trinajstić information content (AvgIpc) is 3.42. The normalized spacial score (nSPS) is 11.8. The molecular formula is C43H26N4O. The van der Waals surface area contributed by atoms with E-state index < -0.39 is 0 Å². The van der Waals surface area contributed by atoms with E-state index in [4.69, 9.17) is 19.4 Å². The van der Waals surface area contributed by atoms with Crippen LogP contribution in [0, 0.1) is 0 Å². The number of hydrogen-bond acceptors (Lipinski definition) is 4. The van der Waals surface area contributed by atoms with Gasteiger partial charge in [0.15, 0.2) is 17.5 Å². The molecule has 0 saturated heterocycles. The van der Waals surface area contributed by atoms with Gasteiger partial charge in [-0.25, -0.2) is 15.0 Å². The third kappa shape index (κ3) is 4.08. The van der Waals surface area contributed by atoms with E-state index in [0.717, 1.165) is 55.3 Å². The maximum Gasteiger partial charge on any atom is 0.164 e. The Bertz CT molecular complexity index is 2760. The van der Waals surface area contributed by atoms with E-state index in [1.165, 1.54) is 21.5 Å². The van der Waals surface area contributed by atoms with Crippen molar-refractivity contribution in [2.24, 2.45) is 0 Å². The molecular weight excluding hydrogens is 589 g/mol. The highest BCUT2D eigenvalue weighted by molar-refractivity contribution is 6.30. The van der Waals surface area contributed by atoms with Crippen LogP contribution >= 0.6 is 0 Å². The summed E-state index contributed by atoms with van der Waals surface area (Å²) in [7, 11) is 0. The van der Waals surface area contributed by atoms with E-state index in [-0.39, 0.29) is 0 Å². The van der Waals surface area contributed by atoms with Crippen molar-refractivity contribution in [2.45, 2.75) is 0 Å². The second-order valence-electron chi connectivity index (χ2n) is 12.0. The van der Waals surface area contributed by atoms with Crippen LogP contribution < -0.4 is 0 Å². The van der Waals surface area contributed by atoms with Gasteiger partial charge >= 0.3 is 0 Å². The van der Waals surface area contributed by atoms with Crippen LogP contribution in [-0.2, 0) is 0 Å². The second kappa shape index (κ2) is 10.5. The van der Waals surface area contributed by atoms with Gasteiger partial charge in [-0.15, -0.1) is 0 Å². The first-order valence-electron chi connectivity index (χ1n) is 16.0. The fourth-order valence-electron chi connectivity index (χ4n) is 7.08. The summed E-state index contributed by atoms with van der Waals surface area (Å²) >= 11 is 0. The molecule has 0 aliphatic rings. The second-order valence-corrected chi connectivity index (χ2v) is 12.0. The molecule has 0 aliphatic carbocycles. The first kappa shape index (κ1) is 26.6. The predicted octanol–water partition coefficient (Wildman–Crippen LogP) is 11.0. The van der Waals surface area contributed by atoms with Gasteiger partial charge in [-0.3, -0.25) is 0 Å². The lowest BCUT2D eigenvalue weighted by atomic mass is 10.0. The highest BCUT2D eigenvalue weighted by atomic mass is 16.3. The van der Waals surface area contributed by atoms with Crippen LogP contribution in [0.1, 0.15) is 0 Å². The minimum atomic E-state index is 0.632. The third-order valence-corrected chi connectivity index (χ3v) is 9.24. The van der Waals surface area contributed by atoms with Gasteiger partial charge in [0.2, 0.25) is 0 Å². The van der Waals surface area contributed by atoms with Crippen LogP contribution in [0.4, 0.5) is 0 Å². The molecule has 0 fully saturated rings. The van der Waals surface area contributed by atoms with E-state index in [1.54, 1.807) is 0 Å². The Hall–Kier alpha value is -6.59. The molecule has 0 amide bonds. The van der Waals surface area contributed by atoms with Crippen molar-refractivity contribution in [3.8, 4) is 39.9 Å². The lowest BCUT2D eigenvalue weighted by molar-refractivity contribution is 0.664. The fraction of sp³-hybridized carbons (Fsp3) is 0. The molecule has 48 heavy (non-hydrogen) atoms. The summed E-state index contributed by atoms with van der Waals surface area (Å²) in [5.41, 5.74) is 7.83. The number of aromatic nitrogens is 4. The third-order valence-electron chi connectivity index (χ3n) is 9.24. The predicted molar refractivity (Wildman–Crippen MR) is 195 cm³/mol. The molecule has 224 valence electrons. The summed E-state index contributed by atoms with van der Waals surface area (Å²) in [5, 5.41) is 6.99. The van der Waals surface area contributed by atoms with Crippen molar-refractivity contribution in [2.75, 3.05) is 0 Å². The number of hydrogen-bond donors (Lipinski definition) is 0. The average molecular weight is 615 g/mol. The zero-order chi connectivity index (χ0) is 31.6. The van der Waals surface area contributed by atoms with Crippen molar-refractivity contribution >= 4 is 54.5 Å². The Morgan fingerprint density at radius 3 is 1.60 bits per heavy atom. The molecule has 7 aromatic carbocycles. The van der Waals surface area contributed by atoms with E-state index >= 15 is 0 Å². The van der Waals surface area contributed by atoms with Crippen LogP contribution in [0.2, 0.25) is 0 Å². The lowest BCUT2D eigenvalue weighted by Gasteiger charge is -2.11. The first-order valence-corrected chi connectivity index (χ1v) is 16.0. The summed E-state index contributed by atoms with van der Waals surface area (Å²) in [4.78, 5) is 14.7. The maximum absolute atomic E-state index is 6.71. The van der Waals surface area contributed by atoms with Crippen molar-refractivity contribution in [3.05, 3.63) is 158 Å². The molecule has 0 radical (unpaired) electrons. The van der Waals surface area contributed by atoms with E-state index in [0.29, 0.717) is 17.5 Å². The van der Waals surface area contributed by atoms with Crippen LogP contribution in [0.25, 0.3) is 94.4 Å². The van der Waals surface area contributed by atoms with E-state index in [2.05, 4.69) is 102 Å². The number of nitrogens with zero attached hydrogens (tertiary/aromatic N) is 4. The zero-order valence-corrected chi connectivity index (χ0v) is 25.7. The Balaban J connectivity index is 1.18. The SMILES string of the molecule is c1ccc(-c2nc(-c3ccccc3)nc(-c3ccc(-n4c5cccc6oc7ccc8ccccc8c7c7cccc4c7c65)cc3)n2)cc1. The minimum absolute atomic E-state index is 0.632. The first-order chi connectivity index (χ1) is 23.8. The molecule has 5 nitrogen and oxygen atoms in total. The van der Waals surface area contributed by atoms with Crippen LogP contribution in [0.3, 0.4) is 0 Å². The Morgan fingerprint density at radius 1 is 0.375 bits per heavy atom. The topological polar surface area (TPSA) is 56.7 Å². The molecule has 0 saturated carbocycles. The van der Waals surface area contributed by atoms with Gasteiger partial charge in [0.05, 0.1) is 16.4 Å². The maximum atomic E-state index is 6.71. The highest BCUT2D eigenvalue weighted by Crippen LogP contribution is 2.42. The van der Waals surface area contributed by atoms with Gasteiger partial charge in [0.25, 0.3) is 0 Å². The van der Waals surface area contributed by atoms with Crippen LogP contribution in [-0.4, -0.2) is 19.5 Å². The molecule has 0 unspecified atom stereocenters. The molecule has 3 heterocycles. The Kier molecular flexibility index (Phi) is 5.81. The zero-order valence-electron chi connectivity index (χ0n) is 25.7. The molecule has 0 atom stereocenters. The van der Waals surface area contributed by atoms with Crippen molar-refractivity contribution in [1.29, 1.82) is 0 Å². The van der Waals surface area contributed by atoms with Gasteiger partial charge in [-0.1, -0.05) is 109 Å². The van der Waals surface area contributed by atoms with E-state index in [1.807, 2.05) is 60.7 Å². The smallest absolute Gasteiger partial charge is 0.164 e. The molecule has 0 bridgehead atoms. The van der Waals surface area contributed by atoms with Gasteiger partial charge in [0.1, 0.15) is 11.2 Å². The minimum Gasteiger partial charge on any atom is -0.456 e. The molecule has 10 rings (SSSR count). The Morgan fingerprint density at radius 2 is 0.917 bits per heavy atom. The van der Waals surface area contributed by atoms with Crippen LogP contribution in [0.5, 0.6) is 0 Å². The van der Waals surface area contributed by atoms with Gasteiger partial charge in [-0.2, -0.15) is 0 Å². The standard InChI is InChI=1S/C43H26N4O/c1-3-12-28(13-4-1)41-44-42(29-14-5-2-6-15-29)46-43(45-41)30-21-24-31(25-22-30)47-34-18-9-17-33-38-32-16-8-7-11-27(32)23-26-37(38)48-36-20-10-19-35(47)40(36)39(33)34/h1-26H. The van der Waals surface area contributed by atoms with Gasteiger partial charge in [-0.05, 0) is 64.7 Å². The monoisotopic (exact) mass is 614 g/mol. The number of rotatable bonds is 4. The Labute approximate surface area is 275 Å². The number of benzene rings is 7. The molecule has 0 N–H and O–H groups in total. The van der Waals surface area contributed by atoms with Gasteiger partial charge in [0, 0.05) is 33.2 Å². The summed E-state index contributed by atoms with van der Waals surface area (Å²) in [5.74, 6) is 1.92. The molecule has 0 spiro atoms. The van der Waals surface area contributed by atoms with Crippen molar-refractivity contribution < 1.29 is 4.42 Å². The largest absolute Gasteiger partial charge is 0.456 e. The lowest BCUT2D eigenvalue weighted by Crippen LogP contribution is -2.00. The summed E-state index contributed by atoms with van der Waals surface area (Å²) < 4.78 is 9.05. The van der Waals surface area contributed by atoms with Gasteiger partial charge < -0.3 is 8.98 Å². The molecule has 0 aliphatic heterocycles. The highest BCUT2D eigenvalue weighted by Gasteiger charge is 2.20. The molecule has 10 aromatic rings. The number of fused-ring (bicyclic) bond motifs is 4. The van der Waals surface area contributed by atoms with E-state index in [9.17, 15) is 0 Å². The van der Waals surface area contributed by atoms with Crippen molar-refractivity contribution in [3.63, 3.8) is 0 Å². The molecule has 3 aromatic heterocycles. The summed E-state index contributed by atoms with van der Waals surface area (Å²) in [6.07, 6.45) is 0. The molecule has 5 heteroatoms. The fourth-order valence-corrected chi connectivity index (χ4v) is 7.08. The quantitative estimate of drug-likeness (QED) is 0.198. The van der Waals surface area contributed by atoms with Crippen LogP contribution in [0.15, 0.2) is 162 Å². The summed E-state index contributed by atoms with van der Waals surface area (Å²) in [6, 6.07) is 54.3. The van der Waals surface area contributed by atoms with Crippen molar-refractivity contribution in [1.82, 2.24) is 19.5 Å².